The van der Waals surface area contributed by atoms with Gasteiger partial charge < -0.3 is 10.6 Å². The summed E-state index contributed by atoms with van der Waals surface area (Å²) in [5, 5.41) is 4.19. The van der Waals surface area contributed by atoms with Crippen molar-refractivity contribution in [2.75, 3.05) is 19.6 Å². The van der Waals surface area contributed by atoms with E-state index in [4.69, 9.17) is 5.73 Å². The largest absolute Gasteiger partial charge is 0.338 e. The van der Waals surface area contributed by atoms with Gasteiger partial charge >= 0.3 is 0 Å². The number of nitrogens with zero attached hydrogens (tertiary/aromatic N) is 3. The van der Waals surface area contributed by atoms with Crippen LogP contribution in [0.5, 0.6) is 0 Å². The number of carbonyl (C=O) groups excluding carboxylic acids is 1. The number of aromatic nitrogens is 2. The van der Waals surface area contributed by atoms with Crippen LogP contribution in [0.4, 0.5) is 0 Å². The Labute approximate surface area is 95.2 Å². The predicted octanol–water partition coefficient (Wildman–Crippen LogP) is 0.149. The van der Waals surface area contributed by atoms with Gasteiger partial charge in [0.05, 0.1) is 11.3 Å². The summed E-state index contributed by atoms with van der Waals surface area (Å²) in [5.41, 5.74) is 7.12. The topological polar surface area (TPSA) is 64.2 Å². The maximum atomic E-state index is 12.2. The van der Waals surface area contributed by atoms with Crippen LogP contribution in [0.1, 0.15) is 22.5 Å². The molecule has 1 aliphatic rings. The first-order valence-corrected chi connectivity index (χ1v) is 5.61. The molecule has 0 radical (unpaired) electrons. The van der Waals surface area contributed by atoms with E-state index in [-0.39, 0.29) is 5.91 Å². The first kappa shape index (κ1) is 11.1. The highest BCUT2D eigenvalue weighted by atomic mass is 16.2. The number of carbonyl (C=O) groups is 1. The molecule has 5 heteroatoms. The molecule has 1 amide bonds. The Morgan fingerprint density at radius 1 is 1.69 bits per heavy atom. The van der Waals surface area contributed by atoms with Gasteiger partial charge in [0.2, 0.25) is 0 Å². The average molecular weight is 222 g/mol. The summed E-state index contributed by atoms with van der Waals surface area (Å²) in [6.45, 7) is 4.12. The second-order valence-corrected chi connectivity index (χ2v) is 4.44. The first-order chi connectivity index (χ1) is 7.61. The normalized spacial score (nSPS) is 20.4. The van der Waals surface area contributed by atoms with E-state index >= 15 is 0 Å². The Morgan fingerprint density at radius 2 is 2.44 bits per heavy atom. The molecule has 1 saturated heterocycles. The van der Waals surface area contributed by atoms with Crippen LogP contribution >= 0.6 is 0 Å². The molecule has 5 nitrogen and oxygen atoms in total. The van der Waals surface area contributed by atoms with Crippen LogP contribution < -0.4 is 5.73 Å². The zero-order chi connectivity index (χ0) is 11.7. The third kappa shape index (κ3) is 1.95. The van der Waals surface area contributed by atoms with Gasteiger partial charge in [0.25, 0.3) is 5.91 Å². The Hall–Kier alpha value is -1.36. The molecule has 1 atom stereocenters. The predicted molar refractivity (Wildman–Crippen MR) is 61.0 cm³/mol. The van der Waals surface area contributed by atoms with Gasteiger partial charge in [-0.3, -0.25) is 9.48 Å². The quantitative estimate of drug-likeness (QED) is 0.774. The summed E-state index contributed by atoms with van der Waals surface area (Å²) < 4.78 is 1.68. The van der Waals surface area contributed by atoms with Crippen molar-refractivity contribution in [2.45, 2.75) is 13.3 Å². The van der Waals surface area contributed by atoms with Crippen LogP contribution in [0.3, 0.4) is 0 Å². The van der Waals surface area contributed by atoms with Crippen LogP contribution in [0, 0.1) is 12.8 Å². The standard InChI is InChI=1S/C11H18N4O/c1-8-10(7-14(2)13-8)11(16)15-4-3-9(5-12)6-15/h7,9H,3-6,12H2,1-2H3. The second-order valence-electron chi connectivity index (χ2n) is 4.44. The van der Waals surface area contributed by atoms with Crippen molar-refractivity contribution in [1.82, 2.24) is 14.7 Å². The summed E-state index contributed by atoms with van der Waals surface area (Å²) in [6, 6.07) is 0. The van der Waals surface area contributed by atoms with Gasteiger partial charge in [0, 0.05) is 26.3 Å². The smallest absolute Gasteiger partial charge is 0.257 e. The molecule has 0 saturated carbocycles. The van der Waals surface area contributed by atoms with Crippen molar-refractivity contribution >= 4 is 5.91 Å². The van der Waals surface area contributed by atoms with Gasteiger partial charge in [-0.15, -0.1) is 0 Å². The van der Waals surface area contributed by atoms with E-state index in [0.717, 1.165) is 25.2 Å². The lowest BCUT2D eigenvalue weighted by molar-refractivity contribution is 0.0787. The van der Waals surface area contributed by atoms with Gasteiger partial charge in [-0.25, -0.2) is 0 Å². The molecule has 1 unspecified atom stereocenters. The van der Waals surface area contributed by atoms with Gasteiger partial charge in [-0.2, -0.15) is 5.10 Å². The summed E-state index contributed by atoms with van der Waals surface area (Å²) in [7, 11) is 1.83. The Morgan fingerprint density at radius 3 is 2.94 bits per heavy atom. The Kier molecular flexibility index (Phi) is 2.96. The van der Waals surface area contributed by atoms with Crippen LogP contribution in [0.2, 0.25) is 0 Å². The van der Waals surface area contributed by atoms with E-state index in [1.54, 1.807) is 10.9 Å². The average Bonchev–Trinajstić information content (AvgIpc) is 2.84. The van der Waals surface area contributed by atoms with Gasteiger partial charge in [0.1, 0.15) is 0 Å². The monoisotopic (exact) mass is 222 g/mol. The van der Waals surface area contributed by atoms with Crippen molar-refractivity contribution < 1.29 is 4.79 Å². The summed E-state index contributed by atoms with van der Waals surface area (Å²) >= 11 is 0. The summed E-state index contributed by atoms with van der Waals surface area (Å²) in [5.74, 6) is 0.544. The lowest BCUT2D eigenvalue weighted by Gasteiger charge is -2.15. The number of hydrogen-bond acceptors (Lipinski definition) is 3. The molecule has 1 aromatic heterocycles. The number of likely N-dealkylation sites (tertiary alicyclic amines) is 1. The maximum Gasteiger partial charge on any atom is 0.257 e. The fourth-order valence-corrected chi connectivity index (χ4v) is 2.19. The molecule has 1 aromatic rings. The highest BCUT2D eigenvalue weighted by Gasteiger charge is 2.27. The zero-order valence-corrected chi connectivity index (χ0v) is 9.81. The highest BCUT2D eigenvalue weighted by molar-refractivity contribution is 5.95. The first-order valence-electron chi connectivity index (χ1n) is 5.61. The van der Waals surface area contributed by atoms with Crippen molar-refractivity contribution in [1.29, 1.82) is 0 Å². The van der Waals surface area contributed by atoms with E-state index in [9.17, 15) is 4.79 Å². The van der Waals surface area contributed by atoms with Crippen molar-refractivity contribution in [3.8, 4) is 0 Å². The molecule has 1 fully saturated rings. The fraction of sp³-hybridized carbons (Fsp3) is 0.636. The third-order valence-corrected chi connectivity index (χ3v) is 3.15. The Bertz CT molecular complexity index is 399. The number of nitrogens with two attached hydrogens (primary N) is 1. The molecule has 0 bridgehead atoms. The SMILES string of the molecule is Cc1nn(C)cc1C(=O)N1CCC(CN)C1. The summed E-state index contributed by atoms with van der Waals surface area (Å²) in [4.78, 5) is 14.1. The molecule has 2 rings (SSSR count). The molecule has 0 aliphatic carbocycles. The van der Waals surface area contributed by atoms with Crippen LogP contribution in [-0.2, 0) is 7.05 Å². The third-order valence-electron chi connectivity index (χ3n) is 3.15. The van der Waals surface area contributed by atoms with E-state index in [1.807, 2.05) is 18.9 Å². The lowest BCUT2D eigenvalue weighted by Crippen LogP contribution is -2.30. The van der Waals surface area contributed by atoms with Gasteiger partial charge in [-0.05, 0) is 25.8 Å². The van der Waals surface area contributed by atoms with Gasteiger partial charge in [-0.1, -0.05) is 0 Å². The van der Waals surface area contributed by atoms with Crippen LogP contribution in [-0.4, -0.2) is 40.2 Å². The minimum absolute atomic E-state index is 0.0848. The Balaban J connectivity index is 2.11. The molecule has 16 heavy (non-hydrogen) atoms. The number of rotatable bonds is 2. The summed E-state index contributed by atoms with van der Waals surface area (Å²) in [6.07, 6.45) is 2.80. The van der Waals surface area contributed by atoms with E-state index in [2.05, 4.69) is 5.10 Å². The highest BCUT2D eigenvalue weighted by Crippen LogP contribution is 2.18. The van der Waals surface area contributed by atoms with E-state index < -0.39 is 0 Å². The molecule has 88 valence electrons. The second kappa shape index (κ2) is 4.25. The van der Waals surface area contributed by atoms with E-state index in [0.29, 0.717) is 18.0 Å². The molecule has 1 aliphatic heterocycles. The number of aryl methyl sites for hydroxylation is 2. The lowest BCUT2D eigenvalue weighted by atomic mass is 10.1. The van der Waals surface area contributed by atoms with Crippen molar-refractivity contribution in [3.63, 3.8) is 0 Å². The number of hydrogen-bond donors (Lipinski definition) is 1. The van der Waals surface area contributed by atoms with Crippen molar-refractivity contribution in [2.24, 2.45) is 18.7 Å². The zero-order valence-electron chi connectivity index (χ0n) is 9.81. The fourth-order valence-electron chi connectivity index (χ4n) is 2.19. The van der Waals surface area contributed by atoms with Crippen LogP contribution in [0.15, 0.2) is 6.20 Å². The van der Waals surface area contributed by atoms with E-state index in [1.165, 1.54) is 0 Å². The number of amides is 1. The van der Waals surface area contributed by atoms with Crippen molar-refractivity contribution in [3.05, 3.63) is 17.5 Å². The maximum absolute atomic E-state index is 12.2. The minimum atomic E-state index is 0.0848. The molecular formula is C11H18N4O. The molecular weight excluding hydrogens is 204 g/mol. The van der Waals surface area contributed by atoms with Gasteiger partial charge in [0.15, 0.2) is 0 Å². The minimum Gasteiger partial charge on any atom is -0.338 e. The molecule has 2 heterocycles. The molecule has 2 N–H and O–H groups in total. The molecule has 0 spiro atoms. The molecule has 0 aromatic carbocycles. The van der Waals surface area contributed by atoms with Crippen LogP contribution in [0.25, 0.3) is 0 Å².